The van der Waals surface area contributed by atoms with Crippen LogP contribution in [0, 0.1) is 0 Å². The summed E-state index contributed by atoms with van der Waals surface area (Å²) in [4.78, 5) is 10.9. The first kappa shape index (κ1) is 20.6. The molecule has 0 bridgehead atoms. The van der Waals surface area contributed by atoms with Gasteiger partial charge < -0.3 is 20.3 Å². The van der Waals surface area contributed by atoms with Gasteiger partial charge in [0, 0.05) is 0 Å². The molecule has 0 spiro atoms. The number of halogens is 1. The van der Waals surface area contributed by atoms with Gasteiger partial charge in [-0.3, -0.25) is 4.79 Å². The fraction of sp³-hybridized carbons (Fsp3) is 0.190. The van der Waals surface area contributed by atoms with Crippen molar-refractivity contribution in [2.45, 2.75) is 12.5 Å². The van der Waals surface area contributed by atoms with Crippen molar-refractivity contribution in [1.29, 1.82) is 0 Å². The average molecular weight is 388 g/mol. The van der Waals surface area contributed by atoms with Crippen LogP contribution >= 0.6 is 12.4 Å². The highest BCUT2D eigenvalue weighted by molar-refractivity contribution is 5.90. The van der Waals surface area contributed by atoms with Crippen LogP contribution in [0.15, 0.2) is 54.6 Å². The molecule has 0 aliphatic rings. The van der Waals surface area contributed by atoms with Gasteiger partial charge in [0.15, 0.2) is 0 Å². The highest BCUT2D eigenvalue weighted by Gasteiger charge is 2.14. The van der Waals surface area contributed by atoms with E-state index < -0.39 is 12.0 Å². The molecule has 142 valence electrons. The maximum absolute atomic E-state index is 10.9. The summed E-state index contributed by atoms with van der Waals surface area (Å²) in [5, 5.41) is 11.0. The Balaban J connectivity index is 0.00000261. The highest BCUT2D eigenvalue weighted by Crippen LogP contribution is 2.39. The zero-order chi connectivity index (χ0) is 18.7. The van der Waals surface area contributed by atoms with Crippen LogP contribution in [-0.2, 0) is 11.2 Å². The van der Waals surface area contributed by atoms with E-state index in [1.807, 2.05) is 48.5 Å². The number of nitrogens with two attached hydrogens (primary N) is 1. The Hall–Kier alpha value is -2.76. The summed E-state index contributed by atoms with van der Waals surface area (Å²) in [6.45, 7) is 0. The van der Waals surface area contributed by atoms with E-state index >= 15 is 0 Å². The van der Waals surface area contributed by atoms with Gasteiger partial charge in [0.2, 0.25) is 0 Å². The smallest absolute Gasteiger partial charge is 0.320 e. The number of fused-ring (bicyclic) bond motifs is 1. The van der Waals surface area contributed by atoms with E-state index in [0.717, 1.165) is 39.0 Å². The second-order valence-corrected chi connectivity index (χ2v) is 6.08. The lowest BCUT2D eigenvalue weighted by atomic mass is 9.97. The largest absolute Gasteiger partial charge is 0.496 e. The number of rotatable bonds is 6. The predicted molar refractivity (Wildman–Crippen MR) is 109 cm³/mol. The summed E-state index contributed by atoms with van der Waals surface area (Å²) >= 11 is 0. The number of hydrogen-bond acceptors (Lipinski definition) is 4. The Morgan fingerprint density at radius 3 is 2.19 bits per heavy atom. The lowest BCUT2D eigenvalue weighted by Gasteiger charge is -2.14. The van der Waals surface area contributed by atoms with E-state index in [1.165, 1.54) is 0 Å². The van der Waals surface area contributed by atoms with Crippen LogP contribution in [0.3, 0.4) is 0 Å². The van der Waals surface area contributed by atoms with Crippen molar-refractivity contribution in [2.75, 3.05) is 14.2 Å². The summed E-state index contributed by atoms with van der Waals surface area (Å²) in [6.07, 6.45) is 0.299. The van der Waals surface area contributed by atoms with Gasteiger partial charge in [-0.15, -0.1) is 12.4 Å². The SMILES string of the molecule is COc1cccc(OC)c1-c1ccc2cc(CC(N)C(=O)O)ccc2c1.Cl. The molecule has 1 atom stereocenters. The van der Waals surface area contributed by atoms with Crippen molar-refractivity contribution < 1.29 is 19.4 Å². The summed E-state index contributed by atoms with van der Waals surface area (Å²) < 4.78 is 11.0. The fourth-order valence-electron chi connectivity index (χ4n) is 3.05. The Kier molecular flexibility index (Phi) is 6.66. The third-order valence-corrected chi connectivity index (χ3v) is 4.39. The van der Waals surface area contributed by atoms with Gasteiger partial charge in [-0.25, -0.2) is 0 Å². The van der Waals surface area contributed by atoms with Gasteiger partial charge in [-0.05, 0) is 46.5 Å². The molecule has 0 saturated heterocycles. The van der Waals surface area contributed by atoms with E-state index in [9.17, 15) is 4.79 Å². The molecule has 3 aromatic rings. The molecule has 0 heterocycles. The molecule has 1 unspecified atom stereocenters. The number of ether oxygens (including phenoxy) is 2. The maximum Gasteiger partial charge on any atom is 0.320 e. The van der Waals surface area contributed by atoms with Crippen molar-refractivity contribution in [3.63, 3.8) is 0 Å². The first-order chi connectivity index (χ1) is 12.5. The van der Waals surface area contributed by atoms with Gasteiger partial charge in [-0.2, -0.15) is 0 Å². The molecule has 0 radical (unpaired) electrons. The second-order valence-electron chi connectivity index (χ2n) is 6.08. The summed E-state index contributed by atoms with van der Waals surface area (Å²) in [7, 11) is 3.27. The molecule has 27 heavy (non-hydrogen) atoms. The molecule has 0 amide bonds. The zero-order valence-corrected chi connectivity index (χ0v) is 16.0. The molecule has 3 aromatic carbocycles. The van der Waals surface area contributed by atoms with Crippen LogP contribution in [0.2, 0.25) is 0 Å². The molecule has 0 aliphatic heterocycles. The number of methoxy groups -OCH3 is 2. The number of carbonyl (C=O) groups is 1. The van der Waals surface area contributed by atoms with Gasteiger partial charge in [0.1, 0.15) is 17.5 Å². The normalized spacial score (nSPS) is 11.5. The first-order valence-electron chi connectivity index (χ1n) is 8.26. The molecule has 6 heteroatoms. The molecular weight excluding hydrogens is 366 g/mol. The molecule has 3 N–H and O–H groups in total. The van der Waals surface area contributed by atoms with Crippen molar-refractivity contribution in [2.24, 2.45) is 5.73 Å². The summed E-state index contributed by atoms with van der Waals surface area (Å²) in [5.74, 6) is 0.490. The number of benzene rings is 3. The fourth-order valence-corrected chi connectivity index (χ4v) is 3.05. The van der Waals surface area contributed by atoms with Crippen molar-refractivity contribution in [3.05, 3.63) is 60.2 Å². The molecule has 0 aromatic heterocycles. The van der Waals surface area contributed by atoms with Crippen LogP contribution in [0.5, 0.6) is 11.5 Å². The van der Waals surface area contributed by atoms with Gasteiger partial charge in [-0.1, -0.05) is 36.4 Å². The number of aliphatic carboxylic acids is 1. The molecule has 5 nitrogen and oxygen atoms in total. The summed E-state index contributed by atoms with van der Waals surface area (Å²) in [5.41, 5.74) is 8.41. The van der Waals surface area contributed by atoms with Gasteiger partial charge in [0.25, 0.3) is 0 Å². The van der Waals surface area contributed by atoms with Crippen LogP contribution in [-0.4, -0.2) is 31.3 Å². The second kappa shape index (κ2) is 8.75. The number of carboxylic acids is 1. The Morgan fingerprint density at radius 1 is 1.00 bits per heavy atom. The summed E-state index contributed by atoms with van der Waals surface area (Å²) in [6, 6.07) is 16.7. The standard InChI is InChI=1S/C21H21NO4.ClH/c1-25-18-4-3-5-19(26-2)20(18)16-9-8-14-10-13(6-7-15(14)12-16)11-17(22)21(23)24;/h3-10,12,17H,11,22H2,1-2H3,(H,23,24);1H. The van der Waals surface area contributed by atoms with E-state index in [4.69, 9.17) is 20.3 Å². The molecule has 3 rings (SSSR count). The average Bonchev–Trinajstić information content (AvgIpc) is 2.66. The van der Waals surface area contributed by atoms with Crippen molar-refractivity contribution in [1.82, 2.24) is 0 Å². The minimum absolute atomic E-state index is 0. The monoisotopic (exact) mass is 387 g/mol. The quantitative estimate of drug-likeness (QED) is 0.670. The van der Waals surface area contributed by atoms with Crippen LogP contribution < -0.4 is 15.2 Å². The lowest BCUT2D eigenvalue weighted by Crippen LogP contribution is -2.32. The first-order valence-corrected chi connectivity index (χ1v) is 8.26. The maximum atomic E-state index is 10.9. The molecule has 0 aliphatic carbocycles. The van der Waals surface area contributed by atoms with E-state index in [0.29, 0.717) is 6.42 Å². The molecular formula is C21H22ClNO4. The Morgan fingerprint density at radius 2 is 1.59 bits per heavy atom. The number of hydrogen-bond donors (Lipinski definition) is 2. The third-order valence-electron chi connectivity index (χ3n) is 4.39. The van der Waals surface area contributed by atoms with Crippen molar-refractivity contribution >= 4 is 29.1 Å². The van der Waals surface area contributed by atoms with Crippen LogP contribution in [0.4, 0.5) is 0 Å². The van der Waals surface area contributed by atoms with Crippen LogP contribution in [0.25, 0.3) is 21.9 Å². The Labute approximate surface area is 164 Å². The Bertz CT molecular complexity index is 936. The van der Waals surface area contributed by atoms with Crippen LogP contribution in [0.1, 0.15) is 5.56 Å². The predicted octanol–water partition coefficient (Wildman–Crippen LogP) is 3.90. The lowest BCUT2D eigenvalue weighted by molar-refractivity contribution is -0.138. The number of carboxylic acid groups (broad SMARTS) is 1. The van der Waals surface area contributed by atoms with Crippen molar-refractivity contribution in [3.8, 4) is 22.6 Å². The highest BCUT2D eigenvalue weighted by atomic mass is 35.5. The minimum atomic E-state index is -0.997. The van der Waals surface area contributed by atoms with E-state index in [1.54, 1.807) is 14.2 Å². The molecule has 0 saturated carbocycles. The zero-order valence-electron chi connectivity index (χ0n) is 15.1. The molecule has 0 fully saturated rings. The van der Waals surface area contributed by atoms with Gasteiger partial charge >= 0.3 is 5.97 Å². The topological polar surface area (TPSA) is 81.8 Å². The van der Waals surface area contributed by atoms with E-state index in [-0.39, 0.29) is 12.4 Å². The third kappa shape index (κ3) is 4.32. The van der Waals surface area contributed by atoms with E-state index in [2.05, 4.69) is 6.07 Å². The minimum Gasteiger partial charge on any atom is -0.496 e. The van der Waals surface area contributed by atoms with Gasteiger partial charge in [0.05, 0.1) is 19.8 Å².